The molecule has 0 spiro atoms. The number of nitrogens with one attached hydrogen (secondary N) is 1. The van der Waals surface area contributed by atoms with Crippen molar-refractivity contribution in [2.45, 2.75) is 31.7 Å². The van der Waals surface area contributed by atoms with Gasteiger partial charge >= 0.3 is 0 Å². The smallest absolute Gasteiger partial charge is 0.258 e. The van der Waals surface area contributed by atoms with Crippen LogP contribution >= 0.6 is 11.6 Å². The van der Waals surface area contributed by atoms with E-state index in [1.807, 2.05) is 59.5 Å². The molecule has 1 saturated carbocycles. The van der Waals surface area contributed by atoms with Crippen LogP contribution in [0.1, 0.15) is 40.5 Å². The normalized spacial score (nSPS) is 18.2. The minimum Gasteiger partial charge on any atom is -0.488 e. The highest BCUT2D eigenvalue weighted by Crippen LogP contribution is 2.43. The molecule has 146 valence electrons. The Balaban J connectivity index is 1.52. The molecule has 0 saturated heterocycles. The number of anilines is 1. The molecule has 1 aromatic heterocycles. The first-order valence-corrected chi connectivity index (χ1v) is 10.1. The number of hydrogen-bond acceptors (Lipinski definition) is 4. The molecule has 1 N–H and O–H groups in total. The molecule has 0 unspecified atom stereocenters. The van der Waals surface area contributed by atoms with Crippen molar-refractivity contribution in [1.82, 2.24) is 9.88 Å². The van der Waals surface area contributed by atoms with Crippen molar-refractivity contribution < 1.29 is 9.53 Å². The zero-order valence-corrected chi connectivity index (χ0v) is 16.5. The molecule has 3 aromatic rings. The molecule has 0 bridgehead atoms. The average Bonchev–Trinajstić information content (AvgIpc) is 3.58. The quantitative estimate of drug-likeness (QED) is 0.645. The molecule has 5 nitrogen and oxygen atoms in total. The number of carbonyl (C=O) groups excluding carboxylic acids is 1. The van der Waals surface area contributed by atoms with Gasteiger partial charge in [0.25, 0.3) is 5.91 Å². The molecule has 0 radical (unpaired) electrons. The molecular formula is C23H20ClN3O2. The van der Waals surface area contributed by atoms with Gasteiger partial charge < -0.3 is 15.0 Å². The number of benzene rings is 2. The monoisotopic (exact) mass is 405 g/mol. The summed E-state index contributed by atoms with van der Waals surface area (Å²) in [5, 5.41) is 4.14. The van der Waals surface area contributed by atoms with Crippen LogP contribution in [0.2, 0.25) is 5.02 Å². The van der Waals surface area contributed by atoms with Crippen LogP contribution in [0, 0.1) is 0 Å². The molecule has 2 aliphatic rings. The number of amides is 1. The summed E-state index contributed by atoms with van der Waals surface area (Å²) < 4.78 is 6.13. The number of para-hydroxylation sites is 1. The molecule has 1 atom stereocenters. The van der Waals surface area contributed by atoms with Crippen LogP contribution in [0.4, 0.5) is 5.69 Å². The maximum absolute atomic E-state index is 13.3. The van der Waals surface area contributed by atoms with E-state index in [0.29, 0.717) is 22.9 Å². The second kappa shape index (κ2) is 7.41. The van der Waals surface area contributed by atoms with Gasteiger partial charge in [-0.15, -0.1) is 0 Å². The van der Waals surface area contributed by atoms with Crippen molar-refractivity contribution >= 4 is 23.2 Å². The van der Waals surface area contributed by atoms with E-state index in [1.54, 1.807) is 12.4 Å². The second-order valence-electron chi connectivity index (χ2n) is 7.37. The van der Waals surface area contributed by atoms with Crippen molar-refractivity contribution in [3.05, 3.63) is 88.7 Å². The van der Waals surface area contributed by atoms with Crippen LogP contribution < -0.4 is 10.1 Å². The van der Waals surface area contributed by atoms with Crippen LogP contribution in [0.3, 0.4) is 0 Å². The largest absolute Gasteiger partial charge is 0.488 e. The second-order valence-corrected chi connectivity index (χ2v) is 7.80. The van der Waals surface area contributed by atoms with Gasteiger partial charge in [0.05, 0.1) is 5.56 Å². The maximum atomic E-state index is 13.3. The Kier molecular flexibility index (Phi) is 4.60. The Hall–Kier alpha value is -3.05. The third-order valence-corrected chi connectivity index (χ3v) is 5.52. The first kappa shape index (κ1) is 18.0. The zero-order chi connectivity index (χ0) is 19.8. The summed E-state index contributed by atoms with van der Waals surface area (Å²) in [6, 6.07) is 17.3. The SMILES string of the molecule is O=C1c2ccccc2N[C@@H](c2cc(Cl)ccc2OCc2cccnc2)N1C1CC1. The van der Waals surface area contributed by atoms with E-state index >= 15 is 0 Å². The Morgan fingerprint density at radius 1 is 1.14 bits per heavy atom. The maximum Gasteiger partial charge on any atom is 0.258 e. The Morgan fingerprint density at radius 2 is 2.00 bits per heavy atom. The predicted octanol–water partition coefficient (Wildman–Crippen LogP) is 5.04. The Bertz CT molecular complexity index is 1050. The molecule has 6 heteroatoms. The van der Waals surface area contributed by atoms with Crippen LogP contribution in [0.5, 0.6) is 5.75 Å². The molecule has 1 aliphatic heterocycles. The van der Waals surface area contributed by atoms with E-state index in [9.17, 15) is 4.79 Å². The fourth-order valence-corrected chi connectivity index (χ4v) is 3.92. The summed E-state index contributed by atoms with van der Waals surface area (Å²) in [6.45, 7) is 0.392. The van der Waals surface area contributed by atoms with Crippen molar-refractivity contribution in [1.29, 1.82) is 0 Å². The molecule has 1 aliphatic carbocycles. The highest BCUT2D eigenvalue weighted by Gasteiger charge is 2.42. The van der Waals surface area contributed by atoms with Gasteiger partial charge in [-0.2, -0.15) is 0 Å². The Labute approximate surface area is 174 Å². The van der Waals surface area contributed by atoms with E-state index in [1.165, 1.54) is 0 Å². The number of halogens is 1. The van der Waals surface area contributed by atoms with E-state index in [2.05, 4.69) is 10.3 Å². The van der Waals surface area contributed by atoms with Gasteiger partial charge in [-0.1, -0.05) is 29.8 Å². The molecule has 5 rings (SSSR count). The van der Waals surface area contributed by atoms with E-state index in [-0.39, 0.29) is 18.1 Å². The number of pyridine rings is 1. The summed E-state index contributed by atoms with van der Waals surface area (Å²) >= 11 is 6.34. The number of ether oxygens (including phenoxy) is 1. The van der Waals surface area contributed by atoms with Gasteiger partial charge in [-0.05, 0) is 49.2 Å². The van der Waals surface area contributed by atoms with Gasteiger partial charge in [-0.3, -0.25) is 9.78 Å². The van der Waals surface area contributed by atoms with Gasteiger partial charge in [0, 0.05) is 40.3 Å². The topological polar surface area (TPSA) is 54.5 Å². The minimum atomic E-state index is -0.326. The first-order valence-electron chi connectivity index (χ1n) is 9.70. The lowest BCUT2D eigenvalue weighted by Gasteiger charge is -2.39. The summed E-state index contributed by atoms with van der Waals surface area (Å²) in [6.07, 6.45) is 5.22. The summed E-state index contributed by atoms with van der Waals surface area (Å²) in [5.74, 6) is 0.749. The van der Waals surface area contributed by atoms with Crippen molar-refractivity contribution in [3.63, 3.8) is 0 Å². The molecule has 29 heavy (non-hydrogen) atoms. The zero-order valence-electron chi connectivity index (χ0n) is 15.7. The van der Waals surface area contributed by atoms with Gasteiger partial charge in [0.1, 0.15) is 18.5 Å². The van der Waals surface area contributed by atoms with Gasteiger partial charge in [-0.25, -0.2) is 0 Å². The minimum absolute atomic E-state index is 0.0463. The summed E-state index contributed by atoms with van der Waals surface area (Å²) in [4.78, 5) is 19.3. The number of nitrogens with zero attached hydrogens (tertiary/aromatic N) is 2. The lowest BCUT2D eigenvalue weighted by molar-refractivity contribution is 0.0663. The number of carbonyl (C=O) groups is 1. The van der Waals surface area contributed by atoms with Crippen molar-refractivity contribution in [2.75, 3.05) is 5.32 Å². The van der Waals surface area contributed by atoms with E-state index in [0.717, 1.165) is 29.7 Å². The van der Waals surface area contributed by atoms with E-state index in [4.69, 9.17) is 16.3 Å². The van der Waals surface area contributed by atoms with Crippen LogP contribution in [-0.4, -0.2) is 21.8 Å². The highest BCUT2D eigenvalue weighted by molar-refractivity contribution is 6.30. The molecular weight excluding hydrogens is 386 g/mol. The number of rotatable bonds is 5. The van der Waals surface area contributed by atoms with Crippen molar-refractivity contribution in [2.24, 2.45) is 0 Å². The van der Waals surface area contributed by atoms with Crippen molar-refractivity contribution in [3.8, 4) is 5.75 Å². The summed E-state index contributed by atoms with van der Waals surface area (Å²) in [5.41, 5.74) is 3.37. The lowest BCUT2D eigenvalue weighted by atomic mass is 10.0. The number of aromatic nitrogens is 1. The third-order valence-electron chi connectivity index (χ3n) is 5.29. The fraction of sp³-hybridized carbons (Fsp3) is 0.217. The molecule has 1 fully saturated rings. The first-order chi connectivity index (χ1) is 14.2. The molecule has 1 amide bonds. The standard InChI is InChI=1S/C23H20ClN3O2/c24-16-7-10-21(29-14-15-4-3-11-25-13-15)19(12-16)22-26-20-6-2-1-5-18(20)23(28)27(22)17-8-9-17/h1-7,10-13,17,22,26H,8-9,14H2/t22-/m1/s1. The van der Waals surface area contributed by atoms with Crippen LogP contribution in [-0.2, 0) is 6.61 Å². The molecule has 2 aromatic carbocycles. The predicted molar refractivity (Wildman–Crippen MR) is 112 cm³/mol. The Morgan fingerprint density at radius 3 is 2.79 bits per heavy atom. The average molecular weight is 406 g/mol. The fourth-order valence-electron chi connectivity index (χ4n) is 3.73. The van der Waals surface area contributed by atoms with Gasteiger partial charge in [0.2, 0.25) is 0 Å². The summed E-state index contributed by atoms with van der Waals surface area (Å²) in [7, 11) is 0. The van der Waals surface area contributed by atoms with Crippen LogP contribution in [0.25, 0.3) is 0 Å². The van der Waals surface area contributed by atoms with Crippen LogP contribution in [0.15, 0.2) is 67.0 Å². The van der Waals surface area contributed by atoms with Gasteiger partial charge in [0.15, 0.2) is 0 Å². The highest BCUT2D eigenvalue weighted by atomic mass is 35.5. The number of fused-ring (bicyclic) bond motifs is 1. The lowest BCUT2D eigenvalue weighted by Crippen LogP contribution is -2.44. The number of hydrogen-bond donors (Lipinski definition) is 1. The molecule has 2 heterocycles. The van der Waals surface area contributed by atoms with E-state index < -0.39 is 0 Å². The third kappa shape index (κ3) is 3.54.